The Bertz CT molecular complexity index is 1110. The lowest BCUT2D eigenvalue weighted by molar-refractivity contribution is -0.118. The summed E-state index contributed by atoms with van der Waals surface area (Å²) in [4.78, 5) is 36.1. The van der Waals surface area contributed by atoms with Gasteiger partial charge in [0.15, 0.2) is 5.16 Å². The number of likely N-dealkylation sites (tertiary alicyclic amines) is 1. The van der Waals surface area contributed by atoms with Crippen LogP contribution in [0.1, 0.15) is 16.1 Å². The first-order valence-electron chi connectivity index (χ1n) is 9.02. The van der Waals surface area contributed by atoms with Gasteiger partial charge in [0, 0.05) is 11.3 Å². The minimum absolute atomic E-state index is 0.0504. The van der Waals surface area contributed by atoms with Gasteiger partial charge in [0.2, 0.25) is 5.91 Å². The van der Waals surface area contributed by atoms with Gasteiger partial charge in [-0.2, -0.15) is 0 Å². The number of aromatic nitrogens is 2. The van der Waals surface area contributed by atoms with E-state index in [1.165, 1.54) is 11.8 Å². The number of carbonyl (C=O) groups excluding carboxylic acids is 2. The van der Waals surface area contributed by atoms with Crippen molar-refractivity contribution in [3.63, 3.8) is 0 Å². The fourth-order valence-electron chi connectivity index (χ4n) is 3.17. The molecule has 2 aromatic heterocycles. The molecule has 3 heterocycles. The number of carbonyl (C=O) groups is 2. The van der Waals surface area contributed by atoms with Crippen LogP contribution in [0.4, 0.5) is 11.4 Å². The molecule has 2 amide bonds. The highest BCUT2D eigenvalue weighted by molar-refractivity contribution is 7.98. The van der Waals surface area contributed by atoms with E-state index in [9.17, 15) is 9.59 Å². The molecule has 0 atom stereocenters. The number of thiophene rings is 1. The molecule has 1 aliphatic rings. The van der Waals surface area contributed by atoms with Gasteiger partial charge >= 0.3 is 0 Å². The minimum atomic E-state index is -0.589. The Hall–Kier alpha value is -2.69. The largest absolute Gasteiger partial charge is 0.397 e. The number of nitrogens with one attached hydrogen (secondary N) is 1. The van der Waals surface area contributed by atoms with Gasteiger partial charge in [-0.05, 0) is 37.9 Å². The molecule has 0 unspecified atom stereocenters. The van der Waals surface area contributed by atoms with Gasteiger partial charge in [0.25, 0.3) is 5.91 Å². The predicted molar refractivity (Wildman–Crippen MR) is 117 cm³/mol. The van der Waals surface area contributed by atoms with Gasteiger partial charge in [0.1, 0.15) is 9.71 Å². The third-order valence-electron chi connectivity index (χ3n) is 4.71. The second-order valence-electron chi connectivity index (χ2n) is 6.71. The van der Waals surface area contributed by atoms with Crippen LogP contribution in [0.5, 0.6) is 0 Å². The molecule has 29 heavy (non-hydrogen) atoms. The number of nitrogens with two attached hydrogens (primary N) is 2. The molecule has 1 aromatic carbocycles. The summed E-state index contributed by atoms with van der Waals surface area (Å²) in [6, 6.07) is 7.41. The maximum absolute atomic E-state index is 12.3. The van der Waals surface area contributed by atoms with Crippen LogP contribution in [0.2, 0.25) is 0 Å². The first kappa shape index (κ1) is 19.6. The first-order valence-corrected chi connectivity index (χ1v) is 11.1. The summed E-state index contributed by atoms with van der Waals surface area (Å²) in [6.45, 7) is 2.31. The smallest absolute Gasteiger partial charge is 0.260 e. The Balaban J connectivity index is 1.73. The molecule has 150 valence electrons. The van der Waals surface area contributed by atoms with E-state index in [4.69, 9.17) is 11.5 Å². The molecule has 0 aliphatic carbocycles. The fraction of sp³-hybridized carbons (Fsp3) is 0.263. The summed E-state index contributed by atoms with van der Waals surface area (Å²) in [5.74, 6) is -0.639. The van der Waals surface area contributed by atoms with Gasteiger partial charge < -0.3 is 16.8 Å². The minimum Gasteiger partial charge on any atom is -0.397 e. The normalized spacial score (nSPS) is 14.0. The van der Waals surface area contributed by atoms with E-state index in [-0.39, 0.29) is 16.5 Å². The summed E-state index contributed by atoms with van der Waals surface area (Å²) in [5.41, 5.74) is 14.0. The van der Waals surface area contributed by atoms with Crippen molar-refractivity contribution in [2.75, 3.05) is 36.9 Å². The number of primary amides is 1. The van der Waals surface area contributed by atoms with Crippen LogP contribution < -0.4 is 16.8 Å². The van der Waals surface area contributed by atoms with Gasteiger partial charge in [-0.1, -0.05) is 23.9 Å². The molecule has 0 radical (unpaired) electrons. The zero-order chi connectivity index (χ0) is 20.5. The quantitative estimate of drug-likeness (QED) is 0.406. The van der Waals surface area contributed by atoms with Crippen molar-refractivity contribution in [3.05, 3.63) is 29.1 Å². The number of hydrogen-bond acceptors (Lipinski definition) is 8. The second-order valence-corrected chi connectivity index (χ2v) is 8.48. The maximum Gasteiger partial charge on any atom is 0.260 e. The lowest BCUT2D eigenvalue weighted by Crippen LogP contribution is -2.42. The summed E-state index contributed by atoms with van der Waals surface area (Å²) in [7, 11) is 0. The lowest BCUT2D eigenvalue weighted by atomic mass is 10.1. The van der Waals surface area contributed by atoms with Crippen molar-refractivity contribution in [2.45, 2.75) is 11.6 Å². The average Bonchev–Trinajstić information content (AvgIpc) is 3.01. The number of hydrogen-bond donors (Lipinski definition) is 3. The molecule has 8 nitrogen and oxygen atoms in total. The van der Waals surface area contributed by atoms with E-state index < -0.39 is 5.91 Å². The Morgan fingerprint density at radius 2 is 2.10 bits per heavy atom. The van der Waals surface area contributed by atoms with Crippen LogP contribution in [0.25, 0.3) is 21.5 Å². The fourth-order valence-corrected chi connectivity index (χ4v) is 4.54. The number of benzene rings is 1. The Kier molecular flexibility index (Phi) is 5.39. The van der Waals surface area contributed by atoms with Crippen molar-refractivity contribution < 1.29 is 9.59 Å². The first-order chi connectivity index (χ1) is 14.0. The summed E-state index contributed by atoms with van der Waals surface area (Å²) < 4.78 is 0. The molecule has 1 saturated heterocycles. The third kappa shape index (κ3) is 3.91. The summed E-state index contributed by atoms with van der Waals surface area (Å²) in [5, 5.41) is 4.10. The van der Waals surface area contributed by atoms with E-state index in [1.54, 1.807) is 0 Å². The van der Waals surface area contributed by atoms with Crippen LogP contribution in [-0.4, -0.2) is 52.6 Å². The van der Waals surface area contributed by atoms with Crippen LogP contribution in [-0.2, 0) is 4.79 Å². The Morgan fingerprint density at radius 3 is 2.76 bits per heavy atom. The van der Waals surface area contributed by atoms with Crippen molar-refractivity contribution >= 4 is 56.5 Å². The van der Waals surface area contributed by atoms with E-state index in [1.807, 2.05) is 30.5 Å². The maximum atomic E-state index is 12.3. The molecule has 1 fully saturated rings. The molecule has 5 N–H and O–H groups in total. The molecule has 10 heteroatoms. The van der Waals surface area contributed by atoms with E-state index in [2.05, 4.69) is 20.2 Å². The molecule has 3 aromatic rings. The molecule has 4 rings (SSSR count). The summed E-state index contributed by atoms with van der Waals surface area (Å²) in [6.07, 6.45) is 3.02. The molecular weight excluding hydrogens is 408 g/mol. The van der Waals surface area contributed by atoms with Crippen molar-refractivity contribution in [1.82, 2.24) is 14.9 Å². The molecule has 0 spiro atoms. The topological polar surface area (TPSA) is 127 Å². The van der Waals surface area contributed by atoms with Crippen LogP contribution in [0, 0.1) is 0 Å². The highest BCUT2D eigenvalue weighted by atomic mass is 32.2. The molecular formula is C19H20N6O2S2. The van der Waals surface area contributed by atoms with Gasteiger partial charge in [0.05, 0.1) is 23.3 Å². The van der Waals surface area contributed by atoms with Crippen molar-refractivity contribution in [3.8, 4) is 11.3 Å². The van der Waals surface area contributed by atoms with Gasteiger partial charge in [-0.25, -0.2) is 9.97 Å². The third-order valence-corrected chi connectivity index (χ3v) is 6.37. The number of nitrogens with zero attached hydrogens (tertiary/aromatic N) is 3. The monoisotopic (exact) mass is 428 g/mol. The standard InChI is InChI=1S/C19H20N6O2S2/c1-28-19-23-15(13-14(20)16(17(21)27)29-18(13)24-19)10-4-2-5-11(8-10)22-12(26)9-25-6-3-7-25/h2,4-5,8H,3,6-7,9,20H2,1H3,(H2,21,27)(H,22,26). The van der Waals surface area contributed by atoms with Crippen LogP contribution in [0.3, 0.4) is 0 Å². The van der Waals surface area contributed by atoms with E-state index >= 15 is 0 Å². The zero-order valence-electron chi connectivity index (χ0n) is 15.8. The van der Waals surface area contributed by atoms with Crippen molar-refractivity contribution in [2.24, 2.45) is 5.73 Å². The van der Waals surface area contributed by atoms with Gasteiger partial charge in [-0.3, -0.25) is 14.5 Å². The lowest BCUT2D eigenvalue weighted by Gasteiger charge is -2.29. The van der Waals surface area contributed by atoms with Gasteiger partial charge in [-0.15, -0.1) is 11.3 Å². The Labute approximate surface area is 175 Å². The highest BCUT2D eigenvalue weighted by Gasteiger charge is 2.21. The molecule has 1 aliphatic heterocycles. The number of amides is 2. The van der Waals surface area contributed by atoms with Crippen LogP contribution >= 0.6 is 23.1 Å². The number of rotatable bonds is 6. The SMILES string of the molecule is CSc1nc(-c2cccc(NC(=O)CN3CCC3)c2)c2c(N)c(C(N)=O)sc2n1. The van der Waals surface area contributed by atoms with Crippen molar-refractivity contribution in [1.29, 1.82) is 0 Å². The van der Waals surface area contributed by atoms with E-state index in [0.717, 1.165) is 36.4 Å². The number of thioether (sulfide) groups is 1. The number of fused-ring (bicyclic) bond motifs is 1. The number of anilines is 2. The predicted octanol–water partition coefficient (Wildman–Crippen LogP) is 2.41. The highest BCUT2D eigenvalue weighted by Crippen LogP contribution is 2.39. The number of nitrogen functional groups attached to an aromatic ring is 1. The average molecular weight is 429 g/mol. The second kappa shape index (κ2) is 7.97. The molecule has 0 bridgehead atoms. The van der Waals surface area contributed by atoms with E-state index in [0.29, 0.717) is 33.3 Å². The molecule has 0 saturated carbocycles. The Morgan fingerprint density at radius 1 is 1.31 bits per heavy atom. The van der Waals surface area contributed by atoms with Crippen LogP contribution in [0.15, 0.2) is 29.4 Å². The zero-order valence-corrected chi connectivity index (χ0v) is 17.4. The summed E-state index contributed by atoms with van der Waals surface area (Å²) >= 11 is 2.56.